The number of carbonyl (C=O) groups is 6. The molecule has 6 aromatic rings. The summed E-state index contributed by atoms with van der Waals surface area (Å²) in [5, 5.41) is 66.1. The minimum absolute atomic E-state index is 0. The van der Waals surface area contributed by atoms with E-state index in [1.54, 1.807) is 0 Å². The maximum Gasteiger partial charge on any atom is 3.00 e. The number of hydrogen-bond acceptors (Lipinski definition) is 18. The second-order valence-corrected chi connectivity index (χ2v) is 17.9. The standard InChI is InChI=1S/3C14H10O6S.2Fe/c3*15-13(16)9-5-1-3-7-11(9)21(19,20)12-8-4-2-6-10(12)14(17)18;;/h3*1-8H,(H,15,16)(H,17,18);;/q;;;2*+3/p-6. The van der Waals surface area contributed by atoms with Crippen molar-refractivity contribution in [3.63, 3.8) is 0 Å². The molecular formula is C42H24Fe2O18S3. The second-order valence-electron chi connectivity index (χ2n) is 12.2. The molecule has 18 nitrogen and oxygen atoms in total. The van der Waals surface area contributed by atoms with Gasteiger partial charge >= 0.3 is 34.1 Å². The molecule has 0 fully saturated rings. The van der Waals surface area contributed by atoms with Gasteiger partial charge < -0.3 is 59.4 Å². The van der Waals surface area contributed by atoms with E-state index < -0.39 is 128 Å². The van der Waals surface area contributed by atoms with Crippen LogP contribution >= 0.6 is 0 Å². The summed E-state index contributed by atoms with van der Waals surface area (Å²) < 4.78 is 75.0. The Kier molecular flexibility index (Phi) is 18.8. The molecule has 0 heterocycles. The average Bonchev–Trinajstić information content (AvgIpc) is 3.26. The number of carboxylic acid groups (broad SMARTS) is 6. The van der Waals surface area contributed by atoms with Crippen LogP contribution in [0.4, 0.5) is 0 Å². The molecule has 2 radical (unpaired) electrons. The van der Waals surface area contributed by atoms with Crippen LogP contribution in [0.1, 0.15) is 62.1 Å². The molecule has 334 valence electrons. The Morgan fingerprint density at radius 3 is 0.462 bits per heavy atom. The molecule has 0 saturated heterocycles. The molecule has 0 aliphatic carbocycles. The fourth-order valence-electron chi connectivity index (χ4n) is 5.57. The fourth-order valence-corrected chi connectivity index (χ4v) is 10.5. The molecule has 6 rings (SSSR count). The molecule has 0 saturated carbocycles. The van der Waals surface area contributed by atoms with Crippen molar-refractivity contribution in [3.8, 4) is 0 Å². The maximum atomic E-state index is 12.5. The zero-order valence-corrected chi connectivity index (χ0v) is 36.8. The first-order valence-electron chi connectivity index (χ1n) is 17.1. The number of carboxylic acids is 6. The molecule has 0 spiro atoms. The van der Waals surface area contributed by atoms with Gasteiger partial charge in [0.25, 0.3) is 0 Å². The maximum absolute atomic E-state index is 12.5. The van der Waals surface area contributed by atoms with E-state index in [4.69, 9.17) is 0 Å². The van der Waals surface area contributed by atoms with Crippen LogP contribution in [-0.2, 0) is 63.6 Å². The average molecular weight is 1020 g/mol. The summed E-state index contributed by atoms with van der Waals surface area (Å²) in [7, 11) is -13.0. The molecule has 0 N–H and O–H groups in total. The van der Waals surface area contributed by atoms with Gasteiger partial charge in [-0.2, -0.15) is 0 Å². The SMILES string of the molecule is O=C([O-])c1ccccc1S(=O)(=O)c1ccccc1C(=O)[O-].O=C([O-])c1ccccc1S(=O)(=O)c1ccccc1C(=O)[O-].O=C([O-])c1ccccc1S(=O)(=O)c1ccccc1C(=O)[O-].[Fe+3].[Fe+3]. The predicted molar refractivity (Wildman–Crippen MR) is 201 cm³/mol. The van der Waals surface area contributed by atoms with Gasteiger partial charge in [-0.05, 0) is 36.4 Å². The smallest absolute Gasteiger partial charge is 0.545 e. The van der Waals surface area contributed by atoms with Gasteiger partial charge in [-0.25, -0.2) is 25.3 Å². The van der Waals surface area contributed by atoms with Crippen LogP contribution in [0.15, 0.2) is 175 Å². The summed E-state index contributed by atoms with van der Waals surface area (Å²) in [6.45, 7) is 0. The van der Waals surface area contributed by atoms with Crippen molar-refractivity contribution < 1.29 is 119 Å². The zero-order chi connectivity index (χ0) is 46.9. The predicted octanol–water partition coefficient (Wildman–Crippen LogP) is -2.27. The van der Waals surface area contributed by atoms with Crippen molar-refractivity contribution in [2.45, 2.75) is 29.4 Å². The van der Waals surface area contributed by atoms with Gasteiger partial charge in [-0.15, -0.1) is 0 Å². The van der Waals surface area contributed by atoms with Gasteiger partial charge in [0, 0.05) is 33.4 Å². The van der Waals surface area contributed by atoms with Crippen molar-refractivity contribution in [1.29, 1.82) is 0 Å². The minimum Gasteiger partial charge on any atom is -0.545 e. The Hall–Kier alpha value is -6.97. The number of hydrogen-bond donors (Lipinski definition) is 0. The van der Waals surface area contributed by atoms with E-state index in [9.17, 15) is 84.7 Å². The van der Waals surface area contributed by atoms with Crippen LogP contribution in [0, 0.1) is 0 Å². The summed E-state index contributed by atoms with van der Waals surface area (Å²) in [6, 6.07) is 29.0. The molecule has 0 unspecified atom stereocenters. The number of aromatic carboxylic acids is 6. The summed E-state index contributed by atoms with van der Waals surface area (Å²) in [5.74, 6) is -10.00. The largest absolute Gasteiger partial charge is 3.00 e. The number of carbonyl (C=O) groups excluding carboxylic acids is 6. The number of benzene rings is 6. The Labute approximate surface area is 390 Å². The first-order valence-corrected chi connectivity index (χ1v) is 21.6. The van der Waals surface area contributed by atoms with Crippen molar-refractivity contribution in [3.05, 3.63) is 179 Å². The normalized spacial score (nSPS) is 10.7. The molecule has 0 bridgehead atoms. The van der Waals surface area contributed by atoms with Crippen LogP contribution in [0.2, 0.25) is 0 Å². The molecule has 0 aliphatic heterocycles. The van der Waals surface area contributed by atoms with Gasteiger partial charge in [-0.3, -0.25) is 0 Å². The van der Waals surface area contributed by atoms with E-state index in [1.807, 2.05) is 0 Å². The van der Waals surface area contributed by atoms with Gasteiger partial charge in [0.15, 0.2) is 0 Å². The van der Waals surface area contributed by atoms with Gasteiger partial charge in [0.05, 0.1) is 65.2 Å². The van der Waals surface area contributed by atoms with Crippen molar-refractivity contribution in [2.75, 3.05) is 0 Å². The van der Waals surface area contributed by atoms with Gasteiger partial charge in [0.2, 0.25) is 29.5 Å². The Morgan fingerprint density at radius 1 is 0.246 bits per heavy atom. The third-order valence-electron chi connectivity index (χ3n) is 8.38. The number of sulfone groups is 3. The Balaban J connectivity index is 0.000000330. The van der Waals surface area contributed by atoms with Crippen LogP contribution in [0.5, 0.6) is 0 Å². The first kappa shape index (κ1) is 54.2. The summed E-state index contributed by atoms with van der Waals surface area (Å²) in [4.78, 5) is 62.9. The molecule has 0 aliphatic rings. The molecule has 0 aromatic heterocycles. The van der Waals surface area contributed by atoms with E-state index in [0.29, 0.717) is 0 Å². The van der Waals surface area contributed by atoms with Crippen molar-refractivity contribution in [2.24, 2.45) is 0 Å². The van der Waals surface area contributed by atoms with Crippen molar-refractivity contribution in [1.82, 2.24) is 0 Å². The monoisotopic (exact) mass is 1020 g/mol. The third-order valence-corrected chi connectivity index (χ3v) is 14.0. The van der Waals surface area contributed by atoms with Crippen LogP contribution < -0.4 is 30.6 Å². The molecule has 23 heteroatoms. The van der Waals surface area contributed by atoms with Crippen LogP contribution in [0.3, 0.4) is 0 Å². The van der Waals surface area contributed by atoms with E-state index in [1.165, 1.54) is 72.8 Å². The topological polar surface area (TPSA) is 343 Å². The van der Waals surface area contributed by atoms with Crippen molar-refractivity contribution >= 4 is 65.3 Å². The Morgan fingerprint density at radius 2 is 0.354 bits per heavy atom. The summed E-state index contributed by atoms with van der Waals surface area (Å²) >= 11 is 0. The van der Waals surface area contributed by atoms with E-state index in [0.717, 1.165) is 72.8 Å². The molecule has 0 atom stereocenters. The van der Waals surface area contributed by atoms with Crippen LogP contribution in [-0.4, -0.2) is 61.1 Å². The Bertz CT molecular complexity index is 2630. The molecule has 0 amide bonds. The van der Waals surface area contributed by atoms with E-state index >= 15 is 0 Å². The third kappa shape index (κ3) is 12.2. The fraction of sp³-hybridized carbons (Fsp3) is 0. The second kappa shape index (κ2) is 22.6. The minimum atomic E-state index is -4.33. The van der Waals surface area contributed by atoms with Crippen LogP contribution in [0.25, 0.3) is 0 Å². The summed E-state index contributed by atoms with van der Waals surface area (Å²) in [6.07, 6.45) is 0. The summed E-state index contributed by atoms with van der Waals surface area (Å²) in [5.41, 5.74) is -3.22. The quantitative estimate of drug-likeness (QED) is 0.117. The van der Waals surface area contributed by atoms with Gasteiger partial charge in [-0.1, -0.05) is 109 Å². The molecular weight excluding hydrogens is 1000 g/mol. The van der Waals surface area contributed by atoms with Gasteiger partial charge in [0.1, 0.15) is 0 Å². The number of rotatable bonds is 12. The molecule has 6 aromatic carbocycles. The van der Waals surface area contributed by atoms with E-state index in [2.05, 4.69) is 0 Å². The first-order chi connectivity index (χ1) is 29.6. The molecule has 65 heavy (non-hydrogen) atoms. The van der Waals surface area contributed by atoms with E-state index in [-0.39, 0.29) is 34.1 Å². The zero-order valence-electron chi connectivity index (χ0n) is 32.1.